The van der Waals surface area contributed by atoms with Crippen molar-refractivity contribution in [3.8, 4) is 0 Å². The lowest BCUT2D eigenvalue weighted by atomic mass is 9.93. The molecule has 3 unspecified atom stereocenters. The largest absolute Gasteiger partial charge is 0.395 e. The van der Waals surface area contributed by atoms with Crippen LogP contribution in [0.15, 0.2) is 36.5 Å². The van der Waals surface area contributed by atoms with Gasteiger partial charge in [-0.1, -0.05) is 56.2 Å². The van der Waals surface area contributed by atoms with Gasteiger partial charge in [0, 0.05) is 6.04 Å². The number of likely N-dealkylation sites (N-methyl/N-ethyl adjacent to an activating group) is 1. The number of aliphatic hydroxyl groups is 2. The lowest BCUT2D eigenvalue weighted by Gasteiger charge is -2.40. The van der Waals surface area contributed by atoms with Crippen molar-refractivity contribution in [2.75, 3.05) is 13.7 Å². The van der Waals surface area contributed by atoms with Gasteiger partial charge in [-0.2, -0.15) is 0 Å². The Kier molecular flexibility index (Phi) is 8.51. The summed E-state index contributed by atoms with van der Waals surface area (Å²) in [6, 6.07) is 0.153. The molecule has 114 valence electrons. The van der Waals surface area contributed by atoms with Gasteiger partial charge in [0.1, 0.15) is 0 Å². The van der Waals surface area contributed by atoms with Gasteiger partial charge in [0.25, 0.3) is 0 Å². The molecule has 20 heavy (non-hydrogen) atoms. The van der Waals surface area contributed by atoms with Gasteiger partial charge in [-0.05, 0) is 26.3 Å². The molecule has 1 rings (SSSR count). The van der Waals surface area contributed by atoms with Gasteiger partial charge in [-0.3, -0.25) is 4.90 Å². The second kappa shape index (κ2) is 9.92. The zero-order valence-corrected chi connectivity index (χ0v) is 12.8. The zero-order chi connectivity index (χ0) is 14.8. The summed E-state index contributed by atoms with van der Waals surface area (Å²) in [4.78, 5) is 2.07. The first-order valence-corrected chi connectivity index (χ1v) is 7.71. The van der Waals surface area contributed by atoms with Crippen LogP contribution in [0.5, 0.6) is 0 Å². The van der Waals surface area contributed by atoms with Crippen LogP contribution >= 0.6 is 0 Å². The molecule has 1 aliphatic heterocycles. The summed E-state index contributed by atoms with van der Waals surface area (Å²) < 4.78 is 0. The van der Waals surface area contributed by atoms with Crippen molar-refractivity contribution in [1.82, 2.24) is 4.90 Å². The van der Waals surface area contributed by atoms with Crippen molar-refractivity contribution in [2.45, 2.75) is 57.2 Å². The highest BCUT2D eigenvalue weighted by molar-refractivity contribution is 5.13. The molecule has 0 amide bonds. The number of rotatable bonds is 7. The van der Waals surface area contributed by atoms with Crippen LogP contribution < -0.4 is 0 Å². The first-order valence-electron chi connectivity index (χ1n) is 7.71. The van der Waals surface area contributed by atoms with Crippen LogP contribution in [0.25, 0.3) is 0 Å². The quantitative estimate of drug-likeness (QED) is 0.556. The highest BCUT2D eigenvalue weighted by atomic mass is 16.3. The molecule has 0 spiro atoms. The van der Waals surface area contributed by atoms with Crippen LogP contribution in [0.4, 0.5) is 0 Å². The Labute approximate surface area is 123 Å². The summed E-state index contributed by atoms with van der Waals surface area (Å²) in [6.45, 7) is 2.21. The van der Waals surface area contributed by atoms with E-state index in [1.54, 1.807) is 0 Å². The topological polar surface area (TPSA) is 43.7 Å². The molecule has 3 atom stereocenters. The Morgan fingerprint density at radius 2 is 1.90 bits per heavy atom. The molecule has 0 radical (unpaired) electrons. The summed E-state index contributed by atoms with van der Waals surface area (Å²) in [7, 11) is 1.96. The highest BCUT2D eigenvalue weighted by Gasteiger charge is 2.31. The van der Waals surface area contributed by atoms with Gasteiger partial charge >= 0.3 is 0 Å². The lowest BCUT2D eigenvalue weighted by Crippen LogP contribution is -2.52. The van der Waals surface area contributed by atoms with Gasteiger partial charge in [-0.25, -0.2) is 0 Å². The third kappa shape index (κ3) is 5.61. The Balaban J connectivity index is 2.38. The normalized spacial score (nSPS) is 29.1. The van der Waals surface area contributed by atoms with Gasteiger partial charge in [0.15, 0.2) is 0 Å². The molecule has 2 N–H and O–H groups in total. The average Bonchev–Trinajstić information content (AvgIpc) is 2.44. The van der Waals surface area contributed by atoms with Crippen molar-refractivity contribution >= 4 is 0 Å². The number of hydrogen-bond donors (Lipinski definition) is 2. The first kappa shape index (κ1) is 17.2. The Morgan fingerprint density at radius 3 is 2.60 bits per heavy atom. The molecule has 0 bridgehead atoms. The van der Waals surface area contributed by atoms with E-state index in [1.807, 2.05) is 19.2 Å². The fourth-order valence-electron chi connectivity index (χ4n) is 2.55. The summed E-state index contributed by atoms with van der Waals surface area (Å²) in [5, 5.41) is 19.1. The van der Waals surface area contributed by atoms with Crippen LogP contribution in [-0.4, -0.2) is 47.0 Å². The molecule has 0 aromatic rings. The third-order valence-electron chi connectivity index (χ3n) is 3.96. The number of allylic oxidation sites excluding steroid dienone is 5. The molecule has 0 aromatic carbocycles. The van der Waals surface area contributed by atoms with Crippen LogP contribution in [0.1, 0.15) is 39.0 Å². The molecule has 1 aliphatic rings. The highest BCUT2D eigenvalue weighted by Crippen LogP contribution is 2.22. The fourth-order valence-corrected chi connectivity index (χ4v) is 2.55. The summed E-state index contributed by atoms with van der Waals surface area (Å²) in [5.41, 5.74) is 0. The standard InChI is InChI=1S/C17H29NO2/c1-3-4-5-6-7-8-9-10-11-15-12-13-17(20)16(14-19)18(15)2/h6-11,15-17,19-20H,3-5,12-14H2,1-2H3. The van der Waals surface area contributed by atoms with E-state index in [1.165, 1.54) is 12.8 Å². The molecular weight excluding hydrogens is 250 g/mol. The predicted molar refractivity (Wildman–Crippen MR) is 84.6 cm³/mol. The van der Waals surface area contributed by atoms with Crippen molar-refractivity contribution < 1.29 is 10.2 Å². The van der Waals surface area contributed by atoms with E-state index in [9.17, 15) is 10.2 Å². The number of nitrogens with zero attached hydrogens (tertiary/aromatic N) is 1. The van der Waals surface area contributed by atoms with Crippen LogP contribution in [0.2, 0.25) is 0 Å². The molecule has 1 heterocycles. The molecule has 1 fully saturated rings. The van der Waals surface area contributed by atoms with Crippen molar-refractivity contribution in [2.24, 2.45) is 0 Å². The van der Waals surface area contributed by atoms with Crippen LogP contribution in [0.3, 0.4) is 0 Å². The Hall–Kier alpha value is -0.900. The molecule has 3 heteroatoms. The van der Waals surface area contributed by atoms with Crippen molar-refractivity contribution in [3.63, 3.8) is 0 Å². The second-order valence-corrected chi connectivity index (χ2v) is 5.47. The maximum absolute atomic E-state index is 9.82. The molecule has 3 nitrogen and oxygen atoms in total. The van der Waals surface area contributed by atoms with E-state index in [0.29, 0.717) is 6.04 Å². The van der Waals surface area contributed by atoms with E-state index < -0.39 is 6.10 Å². The predicted octanol–water partition coefficient (Wildman–Crippen LogP) is 2.66. The third-order valence-corrected chi connectivity index (χ3v) is 3.96. The van der Waals surface area contributed by atoms with Gasteiger partial charge < -0.3 is 10.2 Å². The number of aliphatic hydroxyl groups excluding tert-OH is 2. The Morgan fingerprint density at radius 1 is 1.15 bits per heavy atom. The van der Waals surface area contributed by atoms with E-state index in [4.69, 9.17) is 0 Å². The van der Waals surface area contributed by atoms with E-state index in [2.05, 4.69) is 36.1 Å². The number of piperidine rings is 1. The second-order valence-electron chi connectivity index (χ2n) is 5.47. The molecular formula is C17H29NO2. The van der Waals surface area contributed by atoms with Gasteiger partial charge in [0.2, 0.25) is 0 Å². The molecule has 0 aromatic heterocycles. The van der Waals surface area contributed by atoms with Gasteiger partial charge in [-0.15, -0.1) is 0 Å². The molecule has 1 saturated heterocycles. The maximum Gasteiger partial charge on any atom is 0.0718 e. The molecule has 0 saturated carbocycles. The van der Waals surface area contributed by atoms with Crippen molar-refractivity contribution in [3.05, 3.63) is 36.5 Å². The lowest BCUT2D eigenvalue weighted by molar-refractivity contribution is -0.0194. The monoisotopic (exact) mass is 279 g/mol. The first-order chi connectivity index (χ1) is 9.70. The minimum Gasteiger partial charge on any atom is -0.395 e. The maximum atomic E-state index is 9.82. The van der Waals surface area contributed by atoms with Crippen LogP contribution in [-0.2, 0) is 0 Å². The molecule has 0 aliphatic carbocycles. The van der Waals surface area contributed by atoms with Crippen molar-refractivity contribution in [1.29, 1.82) is 0 Å². The van der Waals surface area contributed by atoms with E-state index in [-0.39, 0.29) is 12.6 Å². The zero-order valence-electron chi connectivity index (χ0n) is 12.8. The minimum atomic E-state index is -0.410. The fraction of sp³-hybridized carbons (Fsp3) is 0.647. The van der Waals surface area contributed by atoms with E-state index in [0.717, 1.165) is 19.3 Å². The minimum absolute atomic E-state index is 0.0119. The summed E-state index contributed by atoms with van der Waals surface area (Å²) in [6.07, 6.45) is 17.5. The SMILES string of the molecule is CCCCC=CC=CC=CC1CCC(O)C(CO)N1C. The number of likely N-dealkylation sites (tertiary alicyclic amines) is 1. The summed E-state index contributed by atoms with van der Waals surface area (Å²) in [5.74, 6) is 0. The van der Waals surface area contributed by atoms with E-state index >= 15 is 0 Å². The average molecular weight is 279 g/mol. The summed E-state index contributed by atoms with van der Waals surface area (Å²) >= 11 is 0. The smallest absolute Gasteiger partial charge is 0.0718 e. The number of unbranched alkanes of at least 4 members (excludes halogenated alkanes) is 2. The van der Waals surface area contributed by atoms with Crippen LogP contribution in [0, 0.1) is 0 Å². The van der Waals surface area contributed by atoms with Gasteiger partial charge in [0.05, 0.1) is 18.8 Å². The number of hydrogen-bond acceptors (Lipinski definition) is 3. The Bertz CT molecular complexity index is 336.